The maximum atomic E-state index is 14.5. The molecule has 3 unspecified atom stereocenters. The standard InChI is InChI=1S/C41H70N2O14/c1-16-28-41(11)33(42-38(48)57-41)22(4)30(45)20(2)18-40(10,50-15)35(56-37-32(53-26(8)44)27(43(12)13)17-21(3)51-37)23(5)31(24(6)36(47)54-28)55-29-19-39(9,49-14)34(46)25(7)52-29/h20-25,27-29,31-35,37,46H,16-19H2,1-15H3,(H,42,48)/t20-,21-,22+,23?,24-,25+,27+,28-,29?,31+,32-,33-,34?,35-,37+,39-,40-,41-/m1/s1. The molecule has 0 aromatic rings. The van der Waals surface area contributed by atoms with Crippen LogP contribution in [0.5, 0.6) is 0 Å². The Labute approximate surface area is 338 Å². The number of aliphatic hydroxyl groups is 1. The van der Waals surface area contributed by atoms with Gasteiger partial charge in [0.2, 0.25) is 0 Å². The van der Waals surface area contributed by atoms with Crippen LogP contribution in [0.1, 0.15) is 102 Å². The number of carbonyl (C=O) groups excluding carboxylic acids is 4. The number of carbonyl (C=O) groups is 4. The molecular weight excluding hydrogens is 744 g/mol. The first-order valence-electron chi connectivity index (χ1n) is 20.4. The van der Waals surface area contributed by atoms with Crippen molar-refractivity contribution in [3.8, 4) is 0 Å². The minimum atomic E-state index is -1.37. The number of aliphatic hydroxyl groups excluding tert-OH is 1. The van der Waals surface area contributed by atoms with Crippen molar-refractivity contribution in [3.05, 3.63) is 0 Å². The first kappa shape index (κ1) is 47.2. The van der Waals surface area contributed by atoms with Crippen LogP contribution in [0.2, 0.25) is 0 Å². The van der Waals surface area contributed by atoms with Crippen molar-refractivity contribution in [2.75, 3.05) is 28.3 Å². The van der Waals surface area contributed by atoms with Crippen LogP contribution in [-0.4, -0.2) is 146 Å². The average molecular weight is 815 g/mol. The Hall–Kier alpha value is -2.44. The van der Waals surface area contributed by atoms with Crippen LogP contribution in [0.3, 0.4) is 0 Å². The van der Waals surface area contributed by atoms with Crippen molar-refractivity contribution < 1.29 is 66.9 Å². The summed E-state index contributed by atoms with van der Waals surface area (Å²) >= 11 is 0. The number of esters is 2. The smallest absolute Gasteiger partial charge is 0.408 e. The summed E-state index contributed by atoms with van der Waals surface area (Å²) in [4.78, 5) is 56.4. The van der Waals surface area contributed by atoms with Crippen LogP contribution in [0.15, 0.2) is 0 Å². The fraction of sp³-hybridized carbons (Fsp3) is 0.902. The normalized spacial score (nSPS) is 46.3. The van der Waals surface area contributed by atoms with Gasteiger partial charge in [0.25, 0.3) is 0 Å². The Balaban J connectivity index is 1.91. The molecule has 57 heavy (non-hydrogen) atoms. The van der Waals surface area contributed by atoms with Crippen molar-refractivity contribution in [2.45, 2.75) is 186 Å². The molecule has 4 rings (SSSR count). The highest BCUT2D eigenvalue weighted by Gasteiger charge is 2.58. The van der Waals surface area contributed by atoms with Gasteiger partial charge in [-0.3, -0.25) is 14.4 Å². The fourth-order valence-corrected chi connectivity index (χ4v) is 9.64. The quantitative estimate of drug-likeness (QED) is 0.253. The van der Waals surface area contributed by atoms with E-state index in [2.05, 4.69) is 5.32 Å². The number of nitrogens with one attached hydrogen (secondary N) is 1. The number of amides is 1. The van der Waals surface area contributed by atoms with E-state index in [1.807, 2.05) is 53.6 Å². The number of ether oxygens (including phenoxy) is 9. The van der Waals surface area contributed by atoms with Crippen LogP contribution in [0.4, 0.5) is 4.79 Å². The van der Waals surface area contributed by atoms with Crippen LogP contribution in [0.25, 0.3) is 0 Å². The highest BCUT2D eigenvalue weighted by Crippen LogP contribution is 2.43. The van der Waals surface area contributed by atoms with Gasteiger partial charge in [-0.15, -0.1) is 0 Å². The summed E-state index contributed by atoms with van der Waals surface area (Å²) in [5.41, 5.74) is -3.67. The van der Waals surface area contributed by atoms with E-state index in [0.29, 0.717) is 6.42 Å². The molecule has 4 fully saturated rings. The van der Waals surface area contributed by atoms with E-state index >= 15 is 0 Å². The summed E-state index contributed by atoms with van der Waals surface area (Å²) in [6.45, 7) is 19.2. The topological polar surface area (TPSA) is 187 Å². The van der Waals surface area contributed by atoms with E-state index < -0.39 is 114 Å². The molecule has 4 heterocycles. The molecule has 18 atom stereocenters. The van der Waals surface area contributed by atoms with E-state index in [1.54, 1.807) is 34.6 Å². The van der Waals surface area contributed by atoms with Gasteiger partial charge in [-0.2, -0.15) is 0 Å². The van der Waals surface area contributed by atoms with Gasteiger partial charge in [-0.05, 0) is 74.9 Å². The molecular formula is C41H70N2O14. The van der Waals surface area contributed by atoms with Crippen LogP contribution in [0, 0.1) is 23.7 Å². The predicted octanol–water partition coefficient (Wildman–Crippen LogP) is 3.77. The summed E-state index contributed by atoms with van der Waals surface area (Å²) in [7, 11) is 6.83. The molecule has 0 spiro atoms. The Morgan fingerprint density at radius 1 is 0.912 bits per heavy atom. The van der Waals surface area contributed by atoms with E-state index in [-0.39, 0.29) is 37.2 Å². The average Bonchev–Trinajstić information content (AvgIpc) is 3.46. The maximum absolute atomic E-state index is 14.5. The number of alkyl carbamates (subject to hydrolysis) is 1. The molecule has 328 valence electrons. The van der Waals surface area contributed by atoms with Gasteiger partial charge in [0.05, 0.1) is 53.6 Å². The Morgan fingerprint density at radius 3 is 2.11 bits per heavy atom. The van der Waals surface area contributed by atoms with Crippen LogP contribution in [-0.2, 0) is 57.0 Å². The molecule has 2 N–H and O–H groups in total. The van der Waals surface area contributed by atoms with Crippen LogP contribution >= 0.6 is 0 Å². The van der Waals surface area contributed by atoms with Crippen molar-refractivity contribution in [3.63, 3.8) is 0 Å². The number of cyclic esters (lactones) is 1. The molecule has 4 aliphatic rings. The third-order valence-corrected chi connectivity index (χ3v) is 13.2. The molecule has 0 aromatic heterocycles. The molecule has 0 aliphatic carbocycles. The summed E-state index contributed by atoms with van der Waals surface area (Å²) in [6.07, 6.45) is -7.36. The summed E-state index contributed by atoms with van der Waals surface area (Å²) < 4.78 is 56.7. The van der Waals surface area contributed by atoms with Gasteiger partial charge in [0, 0.05) is 45.3 Å². The van der Waals surface area contributed by atoms with E-state index in [4.69, 9.17) is 42.6 Å². The lowest BCUT2D eigenvalue weighted by Gasteiger charge is -2.50. The fourth-order valence-electron chi connectivity index (χ4n) is 9.64. The second-order valence-electron chi connectivity index (χ2n) is 17.7. The second-order valence-corrected chi connectivity index (χ2v) is 17.7. The highest BCUT2D eigenvalue weighted by molar-refractivity contribution is 5.85. The lowest BCUT2D eigenvalue weighted by molar-refractivity contribution is -0.320. The number of nitrogens with zero attached hydrogens (tertiary/aromatic N) is 1. The third-order valence-electron chi connectivity index (χ3n) is 13.2. The summed E-state index contributed by atoms with van der Waals surface area (Å²) in [6, 6.07) is -1.09. The highest BCUT2D eigenvalue weighted by atomic mass is 16.7. The van der Waals surface area contributed by atoms with Gasteiger partial charge in [-0.1, -0.05) is 27.7 Å². The Kier molecular flexibility index (Phi) is 15.3. The number of hydrogen-bond acceptors (Lipinski definition) is 15. The molecule has 16 heteroatoms. The van der Waals surface area contributed by atoms with E-state index in [0.717, 1.165) is 0 Å². The zero-order valence-corrected chi connectivity index (χ0v) is 36.7. The van der Waals surface area contributed by atoms with Gasteiger partial charge >= 0.3 is 18.0 Å². The molecule has 1 amide bonds. The molecule has 0 saturated carbocycles. The number of hydrogen-bond donors (Lipinski definition) is 2. The van der Waals surface area contributed by atoms with E-state index in [1.165, 1.54) is 21.1 Å². The molecule has 0 radical (unpaired) electrons. The van der Waals surface area contributed by atoms with Crippen molar-refractivity contribution >= 4 is 23.8 Å². The number of fused-ring (bicyclic) bond motifs is 1. The summed E-state index contributed by atoms with van der Waals surface area (Å²) in [5.74, 6) is -4.42. The Bertz CT molecular complexity index is 1430. The molecule has 0 aromatic carbocycles. The number of ketones is 1. The first-order chi connectivity index (χ1) is 26.5. The predicted molar refractivity (Wildman–Crippen MR) is 206 cm³/mol. The summed E-state index contributed by atoms with van der Waals surface area (Å²) in [5, 5.41) is 13.8. The number of Topliss-reactive ketones (excluding diaryl/α,β-unsaturated/α-hetero) is 1. The molecule has 4 saturated heterocycles. The van der Waals surface area contributed by atoms with Crippen molar-refractivity contribution in [1.82, 2.24) is 10.2 Å². The molecule has 16 nitrogen and oxygen atoms in total. The number of likely N-dealkylation sites (N-methyl/N-ethyl adjacent to an activating group) is 1. The SMILES string of the molecule is CC[C@H]1OC(=O)[C@H](C)[C@@H](OC2C[C@@](C)(OC)C(O)[C@H](C)O2)C(C)[C@@H](O[C@@H]2O[C@H](C)C[C@H](N(C)C)[C@H]2OC(C)=O)[C@](C)(OC)C[C@@H](C)C(=O)[C@H](C)[C@H]2NC(=O)O[C@@]21C. The van der Waals surface area contributed by atoms with E-state index in [9.17, 15) is 24.3 Å². The Morgan fingerprint density at radius 2 is 1.54 bits per heavy atom. The largest absolute Gasteiger partial charge is 0.458 e. The van der Waals surface area contributed by atoms with Gasteiger partial charge in [0.1, 0.15) is 18.0 Å². The lowest BCUT2D eigenvalue weighted by atomic mass is 9.73. The minimum absolute atomic E-state index is 0.123. The number of methoxy groups -OCH3 is 2. The van der Waals surface area contributed by atoms with Crippen molar-refractivity contribution in [1.29, 1.82) is 0 Å². The lowest BCUT2D eigenvalue weighted by Crippen LogP contribution is -2.62. The van der Waals surface area contributed by atoms with Crippen LogP contribution < -0.4 is 5.32 Å². The first-order valence-corrected chi connectivity index (χ1v) is 20.4. The third kappa shape index (κ3) is 9.80. The molecule has 4 aliphatic heterocycles. The zero-order chi connectivity index (χ0) is 42.9. The monoisotopic (exact) mass is 814 g/mol. The minimum Gasteiger partial charge on any atom is -0.458 e. The van der Waals surface area contributed by atoms with Gasteiger partial charge < -0.3 is 58.0 Å². The molecule has 0 bridgehead atoms. The van der Waals surface area contributed by atoms with Gasteiger partial charge in [-0.25, -0.2) is 4.79 Å². The number of rotatable bonds is 9. The van der Waals surface area contributed by atoms with Crippen molar-refractivity contribution in [2.24, 2.45) is 23.7 Å². The van der Waals surface area contributed by atoms with Gasteiger partial charge in [0.15, 0.2) is 24.3 Å². The zero-order valence-electron chi connectivity index (χ0n) is 36.7. The second kappa shape index (κ2) is 18.4. The maximum Gasteiger partial charge on any atom is 0.408 e.